The highest BCUT2D eigenvalue weighted by molar-refractivity contribution is 9.10. The van der Waals surface area contributed by atoms with E-state index in [-0.39, 0.29) is 5.91 Å². The molecule has 1 aromatic rings. The van der Waals surface area contributed by atoms with Crippen LogP contribution in [0.25, 0.3) is 0 Å². The van der Waals surface area contributed by atoms with E-state index in [0.29, 0.717) is 6.54 Å². The van der Waals surface area contributed by atoms with E-state index in [1.54, 1.807) is 0 Å². The first-order valence-corrected chi connectivity index (χ1v) is 7.74. The van der Waals surface area contributed by atoms with Gasteiger partial charge in [-0.15, -0.1) is 0 Å². The Hall–Kier alpha value is -1.03. The predicted molar refractivity (Wildman–Crippen MR) is 82.4 cm³/mol. The molecule has 0 aromatic heterocycles. The third-order valence-corrected chi connectivity index (χ3v) is 4.20. The largest absolute Gasteiger partial charge is 0.375 e. The quantitative estimate of drug-likeness (QED) is 0.921. The monoisotopic (exact) mass is 324 g/mol. The van der Waals surface area contributed by atoms with Crippen molar-refractivity contribution in [2.75, 3.05) is 25.0 Å². The Morgan fingerprint density at radius 3 is 2.63 bits per heavy atom. The standard InChI is InChI=1S/C15H21BrN2O/c1-12-6-7-13(16)14(10-12)17-11-15(19)18-8-4-2-3-5-9-18/h6-7,10,17H,2-5,8-9,11H2,1H3. The minimum Gasteiger partial charge on any atom is -0.375 e. The number of hydrogen-bond acceptors (Lipinski definition) is 2. The van der Waals surface area contributed by atoms with Gasteiger partial charge in [-0.1, -0.05) is 18.9 Å². The van der Waals surface area contributed by atoms with Gasteiger partial charge in [0.25, 0.3) is 0 Å². The van der Waals surface area contributed by atoms with Crippen molar-refractivity contribution < 1.29 is 4.79 Å². The molecule has 0 atom stereocenters. The number of aryl methyl sites for hydroxylation is 1. The van der Waals surface area contributed by atoms with E-state index in [2.05, 4.69) is 27.3 Å². The summed E-state index contributed by atoms with van der Waals surface area (Å²) < 4.78 is 1.00. The molecule has 0 saturated carbocycles. The number of anilines is 1. The summed E-state index contributed by atoms with van der Waals surface area (Å²) in [5.74, 6) is 0.204. The van der Waals surface area contributed by atoms with Gasteiger partial charge in [-0.05, 0) is 53.4 Å². The van der Waals surface area contributed by atoms with Gasteiger partial charge in [0.15, 0.2) is 0 Å². The topological polar surface area (TPSA) is 32.3 Å². The zero-order valence-corrected chi connectivity index (χ0v) is 13.0. The molecule has 3 nitrogen and oxygen atoms in total. The second kappa shape index (κ2) is 6.94. The lowest BCUT2D eigenvalue weighted by Gasteiger charge is -2.21. The smallest absolute Gasteiger partial charge is 0.241 e. The van der Waals surface area contributed by atoms with Crippen molar-refractivity contribution in [2.45, 2.75) is 32.6 Å². The van der Waals surface area contributed by atoms with E-state index < -0.39 is 0 Å². The number of carbonyl (C=O) groups excluding carboxylic acids is 1. The van der Waals surface area contributed by atoms with Crippen LogP contribution in [-0.2, 0) is 4.79 Å². The fourth-order valence-corrected chi connectivity index (χ4v) is 2.76. The maximum atomic E-state index is 12.2. The van der Waals surface area contributed by atoms with Crippen LogP contribution in [0.4, 0.5) is 5.69 Å². The number of hydrogen-bond donors (Lipinski definition) is 1. The summed E-state index contributed by atoms with van der Waals surface area (Å²) in [5, 5.41) is 3.23. The maximum absolute atomic E-state index is 12.2. The molecule has 1 aromatic carbocycles. The lowest BCUT2D eigenvalue weighted by atomic mass is 10.2. The summed E-state index contributed by atoms with van der Waals surface area (Å²) in [6.07, 6.45) is 4.78. The van der Waals surface area contributed by atoms with E-state index in [1.165, 1.54) is 18.4 Å². The second-order valence-electron chi connectivity index (χ2n) is 5.13. The lowest BCUT2D eigenvalue weighted by Crippen LogP contribution is -2.36. The van der Waals surface area contributed by atoms with E-state index in [9.17, 15) is 4.79 Å². The molecule has 1 amide bonds. The molecule has 2 rings (SSSR count). The van der Waals surface area contributed by atoms with Crippen LogP contribution in [0.1, 0.15) is 31.2 Å². The number of carbonyl (C=O) groups is 1. The van der Waals surface area contributed by atoms with Crippen LogP contribution < -0.4 is 5.32 Å². The van der Waals surface area contributed by atoms with Crippen molar-refractivity contribution in [1.82, 2.24) is 4.90 Å². The highest BCUT2D eigenvalue weighted by Gasteiger charge is 2.15. The first kappa shape index (κ1) is 14.4. The van der Waals surface area contributed by atoms with Crippen molar-refractivity contribution in [2.24, 2.45) is 0 Å². The van der Waals surface area contributed by atoms with E-state index in [4.69, 9.17) is 0 Å². The number of halogens is 1. The molecular formula is C15H21BrN2O. The van der Waals surface area contributed by atoms with Gasteiger partial charge >= 0.3 is 0 Å². The first-order valence-electron chi connectivity index (χ1n) is 6.94. The molecule has 0 radical (unpaired) electrons. The summed E-state index contributed by atoms with van der Waals surface area (Å²) in [4.78, 5) is 14.2. The maximum Gasteiger partial charge on any atom is 0.241 e. The lowest BCUT2D eigenvalue weighted by molar-refractivity contribution is -0.129. The molecule has 1 N–H and O–H groups in total. The molecule has 1 heterocycles. The van der Waals surface area contributed by atoms with Crippen LogP contribution in [-0.4, -0.2) is 30.4 Å². The highest BCUT2D eigenvalue weighted by atomic mass is 79.9. The molecule has 1 aliphatic heterocycles. The van der Waals surface area contributed by atoms with Crippen molar-refractivity contribution in [1.29, 1.82) is 0 Å². The molecule has 0 bridgehead atoms. The van der Waals surface area contributed by atoms with Gasteiger partial charge in [-0.3, -0.25) is 4.79 Å². The molecule has 0 spiro atoms. The Kier molecular flexibility index (Phi) is 5.25. The van der Waals surface area contributed by atoms with Crippen molar-refractivity contribution in [3.05, 3.63) is 28.2 Å². The normalized spacial score (nSPS) is 16.0. The summed E-state index contributed by atoms with van der Waals surface area (Å²) in [6.45, 7) is 4.25. The molecule has 4 heteroatoms. The average Bonchev–Trinajstić information content (AvgIpc) is 2.68. The second-order valence-corrected chi connectivity index (χ2v) is 5.99. The van der Waals surface area contributed by atoms with Crippen LogP contribution in [0.15, 0.2) is 22.7 Å². The zero-order valence-electron chi connectivity index (χ0n) is 11.4. The predicted octanol–water partition coefficient (Wildman–Crippen LogP) is 3.57. The Morgan fingerprint density at radius 1 is 1.26 bits per heavy atom. The van der Waals surface area contributed by atoms with Crippen LogP contribution in [0.2, 0.25) is 0 Å². The van der Waals surface area contributed by atoms with Gasteiger partial charge in [0.1, 0.15) is 0 Å². The van der Waals surface area contributed by atoms with Gasteiger partial charge in [0.2, 0.25) is 5.91 Å². The zero-order chi connectivity index (χ0) is 13.7. The number of nitrogens with one attached hydrogen (secondary N) is 1. The minimum absolute atomic E-state index is 0.204. The van der Waals surface area contributed by atoms with Crippen molar-refractivity contribution in [3.8, 4) is 0 Å². The van der Waals surface area contributed by atoms with Crippen LogP contribution in [0, 0.1) is 6.92 Å². The summed E-state index contributed by atoms with van der Waals surface area (Å²) in [7, 11) is 0. The molecule has 0 unspecified atom stereocenters. The summed E-state index contributed by atoms with van der Waals surface area (Å²) >= 11 is 3.50. The van der Waals surface area contributed by atoms with Crippen molar-refractivity contribution in [3.63, 3.8) is 0 Å². The van der Waals surface area contributed by atoms with Crippen LogP contribution >= 0.6 is 15.9 Å². The molecule has 1 saturated heterocycles. The SMILES string of the molecule is Cc1ccc(Br)c(NCC(=O)N2CCCCCC2)c1. The van der Waals surface area contributed by atoms with Crippen LogP contribution in [0.3, 0.4) is 0 Å². The van der Waals surface area contributed by atoms with Gasteiger partial charge in [-0.25, -0.2) is 0 Å². The third-order valence-electron chi connectivity index (χ3n) is 3.51. The fraction of sp³-hybridized carbons (Fsp3) is 0.533. The Labute approximate surface area is 123 Å². The van der Waals surface area contributed by atoms with Crippen molar-refractivity contribution >= 4 is 27.5 Å². The van der Waals surface area contributed by atoms with Gasteiger partial charge < -0.3 is 10.2 Å². The number of amides is 1. The fourth-order valence-electron chi connectivity index (χ4n) is 2.38. The first-order chi connectivity index (χ1) is 9.16. The Bertz CT molecular complexity index is 440. The molecule has 19 heavy (non-hydrogen) atoms. The van der Waals surface area contributed by atoms with E-state index >= 15 is 0 Å². The van der Waals surface area contributed by atoms with Gasteiger partial charge in [0, 0.05) is 23.2 Å². The Balaban J connectivity index is 1.90. The van der Waals surface area contributed by atoms with Gasteiger partial charge in [-0.2, -0.15) is 0 Å². The number of rotatable bonds is 3. The number of likely N-dealkylation sites (tertiary alicyclic amines) is 1. The van der Waals surface area contributed by atoms with E-state index in [1.807, 2.05) is 24.0 Å². The average molecular weight is 325 g/mol. The molecule has 1 fully saturated rings. The van der Waals surface area contributed by atoms with Crippen LogP contribution in [0.5, 0.6) is 0 Å². The highest BCUT2D eigenvalue weighted by Crippen LogP contribution is 2.23. The molecular weight excluding hydrogens is 304 g/mol. The summed E-state index contributed by atoms with van der Waals surface area (Å²) in [5.41, 5.74) is 2.18. The molecule has 104 valence electrons. The van der Waals surface area contributed by atoms with E-state index in [0.717, 1.165) is 36.1 Å². The Morgan fingerprint density at radius 2 is 1.95 bits per heavy atom. The molecule has 1 aliphatic rings. The number of benzene rings is 1. The molecule has 0 aliphatic carbocycles. The number of nitrogens with zero attached hydrogens (tertiary/aromatic N) is 1. The third kappa shape index (κ3) is 4.23. The minimum atomic E-state index is 0.204. The van der Waals surface area contributed by atoms with Gasteiger partial charge in [0.05, 0.1) is 6.54 Å². The summed E-state index contributed by atoms with van der Waals surface area (Å²) in [6, 6.07) is 6.11.